The molecule has 0 bridgehead atoms. The summed E-state index contributed by atoms with van der Waals surface area (Å²) in [6, 6.07) is 10.5. The minimum atomic E-state index is -0.484. The van der Waals surface area contributed by atoms with Gasteiger partial charge in [-0.25, -0.2) is 4.79 Å². The van der Waals surface area contributed by atoms with E-state index in [-0.39, 0.29) is 6.54 Å². The predicted molar refractivity (Wildman–Crippen MR) is 108 cm³/mol. The molecule has 0 atom stereocenters. The molecule has 0 spiro atoms. The van der Waals surface area contributed by atoms with E-state index >= 15 is 0 Å². The van der Waals surface area contributed by atoms with Crippen LogP contribution in [-0.2, 0) is 6.54 Å². The highest BCUT2D eigenvalue weighted by Gasteiger charge is 2.13. The van der Waals surface area contributed by atoms with Gasteiger partial charge < -0.3 is 4.74 Å². The van der Waals surface area contributed by atoms with E-state index in [9.17, 15) is 9.59 Å². The molecule has 7 heteroatoms. The van der Waals surface area contributed by atoms with E-state index < -0.39 is 11.2 Å². The maximum absolute atomic E-state index is 12.0. The lowest BCUT2D eigenvalue weighted by atomic mass is 10.1. The van der Waals surface area contributed by atoms with E-state index in [1.807, 2.05) is 32.0 Å². The smallest absolute Gasteiger partial charge is 0.328 e. The number of nitrogens with one attached hydrogen (secondary N) is 1. The minimum absolute atomic E-state index is 0.227. The zero-order chi connectivity index (χ0) is 19.7. The highest BCUT2D eigenvalue weighted by Crippen LogP contribution is 2.38. The van der Waals surface area contributed by atoms with Crippen molar-refractivity contribution in [3.63, 3.8) is 0 Å². The van der Waals surface area contributed by atoms with Crippen molar-refractivity contribution < 1.29 is 4.74 Å². The molecule has 1 heterocycles. The lowest BCUT2D eigenvalue weighted by Gasteiger charge is -2.14. The zero-order valence-corrected chi connectivity index (χ0v) is 16.6. The standard InChI is InChI=1S/C20H18Cl2N2O3/c1-11-4-5-15(6-12(11)2)27-19-16(21)8-14(9-17(19)22)10-24-13(3)7-18(25)23-20(24)26/h4-9H,10H2,1-3H3,(H,23,25,26). The Kier molecular flexibility index (Phi) is 5.44. The largest absolute Gasteiger partial charge is 0.454 e. The molecule has 0 amide bonds. The molecule has 0 fully saturated rings. The molecule has 0 saturated heterocycles. The molecular formula is C20H18Cl2N2O3. The first kappa shape index (κ1) is 19.3. The molecule has 0 radical (unpaired) electrons. The van der Waals surface area contributed by atoms with E-state index in [2.05, 4.69) is 4.98 Å². The second-order valence-electron chi connectivity index (χ2n) is 6.40. The Labute approximate surface area is 166 Å². The number of nitrogens with zero attached hydrogens (tertiary/aromatic N) is 1. The summed E-state index contributed by atoms with van der Waals surface area (Å²) in [5.74, 6) is 0.998. The van der Waals surface area contributed by atoms with Gasteiger partial charge in [0.2, 0.25) is 0 Å². The third-order valence-corrected chi connectivity index (χ3v) is 4.90. The Morgan fingerprint density at radius 1 is 0.963 bits per heavy atom. The van der Waals surface area contributed by atoms with Crippen LogP contribution in [0.1, 0.15) is 22.4 Å². The van der Waals surface area contributed by atoms with Crippen LogP contribution in [0.5, 0.6) is 11.5 Å². The molecule has 1 aromatic heterocycles. The van der Waals surface area contributed by atoms with E-state index in [4.69, 9.17) is 27.9 Å². The maximum atomic E-state index is 12.0. The lowest BCUT2D eigenvalue weighted by Crippen LogP contribution is -2.31. The second kappa shape index (κ2) is 7.62. The third kappa shape index (κ3) is 4.26. The van der Waals surface area contributed by atoms with Crippen LogP contribution in [0.3, 0.4) is 0 Å². The number of rotatable bonds is 4. The number of aromatic nitrogens is 2. The van der Waals surface area contributed by atoms with E-state index in [1.54, 1.807) is 19.1 Å². The van der Waals surface area contributed by atoms with Crippen LogP contribution in [0.4, 0.5) is 0 Å². The topological polar surface area (TPSA) is 64.1 Å². The van der Waals surface area contributed by atoms with Crippen LogP contribution in [0.25, 0.3) is 0 Å². The number of H-pyrrole nitrogens is 1. The van der Waals surface area contributed by atoms with Gasteiger partial charge in [-0.3, -0.25) is 14.3 Å². The molecule has 5 nitrogen and oxygen atoms in total. The summed E-state index contributed by atoms with van der Waals surface area (Å²) < 4.78 is 7.30. The van der Waals surface area contributed by atoms with Crippen LogP contribution < -0.4 is 16.0 Å². The number of hydrogen-bond acceptors (Lipinski definition) is 3. The summed E-state index contributed by atoms with van der Waals surface area (Å²) >= 11 is 12.7. The Morgan fingerprint density at radius 2 is 1.63 bits per heavy atom. The number of ether oxygens (including phenoxy) is 1. The summed E-state index contributed by atoms with van der Waals surface area (Å²) in [6.45, 7) is 5.94. The third-order valence-electron chi connectivity index (χ3n) is 4.34. The number of hydrogen-bond donors (Lipinski definition) is 1. The van der Waals surface area contributed by atoms with E-state index in [0.717, 1.165) is 16.7 Å². The first-order valence-electron chi connectivity index (χ1n) is 8.28. The fraction of sp³-hybridized carbons (Fsp3) is 0.200. The molecule has 0 saturated carbocycles. The molecule has 3 aromatic rings. The highest BCUT2D eigenvalue weighted by molar-refractivity contribution is 6.37. The van der Waals surface area contributed by atoms with Gasteiger partial charge >= 0.3 is 5.69 Å². The first-order chi connectivity index (χ1) is 12.7. The fourth-order valence-electron chi connectivity index (χ4n) is 2.71. The monoisotopic (exact) mass is 404 g/mol. The molecule has 27 heavy (non-hydrogen) atoms. The number of aryl methyl sites for hydroxylation is 3. The van der Waals surface area contributed by atoms with Crippen LogP contribution in [-0.4, -0.2) is 9.55 Å². The van der Waals surface area contributed by atoms with Gasteiger partial charge in [0.15, 0.2) is 5.75 Å². The Hall–Kier alpha value is -2.50. The van der Waals surface area contributed by atoms with Gasteiger partial charge in [0, 0.05) is 11.8 Å². The first-order valence-corrected chi connectivity index (χ1v) is 9.04. The maximum Gasteiger partial charge on any atom is 0.328 e. The van der Waals surface area contributed by atoms with Crippen molar-refractivity contribution >= 4 is 23.2 Å². The van der Waals surface area contributed by atoms with Crippen molar-refractivity contribution in [3.8, 4) is 11.5 Å². The van der Waals surface area contributed by atoms with Gasteiger partial charge in [-0.2, -0.15) is 0 Å². The Bertz CT molecular complexity index is 1110. The number of benzene rings is 2. The summed E-state index contributed by atoms with van der Waals surface area (Å²) in [7, 11) is 0. The number of aromatic amines is 1. The molecule has 0 aliphatic heterocycles. The minimum Gasteiger partial charge on any atom is -0.454 e. The zero-order valence-electron chi connectivity index (χ0n) is 15.1. The van der Waals surface area contributed by atoms with E-state index in [1.165, 1.54) is 10.6 Å². The van der Waals surface area contributed by atoms with Gasteiger partial charge in [0.1, 0.15) is 5.75 Å². The quantitative estimate of drug-likeness (QED) is 0.690. The molecule has 0 unspecified atom stereocenters. The van der Waals surface area contributed by atoms with Gasteiger partial charge in [0.25, 0.3) is 5.56 Å². The summed E-state index contributed by atoms with van der Waals surface area (Å²) in [5, 5.41) is 0.678. The summed E-state index contributed by atoms with van der Waals surface area (Å²) in [5.41, 5.74) is 2.62. The molecule has 0 aliphatic rings. The Balaban J connectivity index is 1.92. The van der Waals surface area contributed by atoms with Gasteiger partial charge in [-0.1, -0.05) is 29.3 Å². The molecule has 3 rings (SSSR count). The van der Waals surface area contributed by atoms with Crippen LogP contribution in [0.2, 0.25) is 10.0 Å². The summed E-state index contributed by atoms with van der Waals surface area (Å²) in [6.07, 6.45) is 0. The van der Waals surface area contributed by atoms with Crippen molar-refractivity contribution in [1.82, 2.24) is 9.55 Å². The number of halogens is 2. The van der Waals surface area contributed by atoms with Crippen molar-refractivity contribution in [2.45, 2.75) is 27.3 Å². The SMILES string of the molecule is Cc1ccc(Oc2c(Cl)cc(Cn3c(C)cc(=O)[nH]c3=O)cc2Cl)cc1C. The van der Waals surface area contributed by atoms with Gasteiger partial charge in [-0.15, -0.1) is 0 Å². The highest BCUT2D eigenvalue weighted by atomic mass is 35.5. The molecule has 0 aliphatic carbocycles. The normalized spacial score (nSPS) is 10.9. The van der Waals surface area contributed by atoms with Crippen molar-refractivity contribution in [2.24, 2.45) is 0 Å². The average Bonchev–Trinajstić information content (AvgIpc) is 2.57. The van der Waals surface area contributed by atoms with Crippen molar-refractivity contribution in [1.29, 1.82) is 0 Å². The fourth-order valence-corrected chi connectivity index (χ4v) is 3.32. The van der Waals surface area contributed by atoms with Gasteiger partial charge in [0.05, 0.1) is 16.6 Å². The van der Waals surface area contributed by atoms with Crippen molar-refractivity contribution in [2.75, 3.05) is 0 Å². The molecule has 140 valence electrons. The van der Waals surface area contributed by atoms with E-state index in [0.29, 0.717) is 27.2 Å². The van der Waals surface area contributed by atoms with Crippen molar-refractivity contribution in [3.05, 3.63) is 89.7 Å². The average molecular weight is 405 g/mol. The molecule has 1 N–H and O–H groups in total. The van der Waals surface area contributed by atoms with Crippen LogP contribution >= 0.6 is 23.2 Å². The van der Waals surface area contributed by atoms with Crippen LogP contribution in [0, 0.1) is 20.8 Å². The lowest BCUT2D eigenvalue weighted by molar-refractivity contribution is 0.482. The molecule has 2 aromatic carbocycles. The van der Waals surface area contributed by atoms with Crippen LogP contribution in [0.15, 0.2) is 46.0 Å². The predicted octanol–water partition coefficient (Wildman–Crippen LogP) is 4.61. The summed E-state index contributed by atoms with van der Waals surface area (Å²) in [4.78, 5) is 25.6. The van der Waals surface area contributed by atoms with Gasteiger partial charge in [-0.05, 0) is 61.7 Å². The molecular weight excluding hydrogens is 387 g/mol. The second-order valence-corrected chi connectivity index (χ2v) is 7.22. The Morgan fingerprint density at radius 3 is 2.22 bits per heavy atom.